The third-order valence-electron chi connectivity index (χ3n) is 4.20. The Kier molecular flexibility index (Phi) is 7.02. The van der Waals surface area contributed by atoms with Crippen LogP contribution in [-0.2, 0) is 17.9 Å². The van der Waals surface area contributed by atoms with Gasteiger partial charge in [-0.05, 0) is 22.4 Å². The zero-order valence-electron chi connectivity index (χ0n) is 14.9. The highest BCUT2D eigenvalue weighted by molar-refractivity contribution is 5.87. The Hall–Kier alpha value is -2.40. The maximum Gasteiger partial charge on any atom is 0.124 e. The molecule has 2 N–H and O–H groups in total. The fourth-order valence-electron chi connectivity index (χ4n) is 2.89. The molecule has 0 spiro atoms. The van der Waals surface area contributed by atoms with E-state index in [9.17, 15) is 0 Å². The quantitative estimate of drug-likeness (QED) is 0.549. The van der Waals surface area contributed by atoms with Crippen molar-refractivity contribution in [2.45, 2.75) is 13.2 Å². The SMILES string of the molecule is OCCOCCNCc1c(OCc2ccccc2)ccc2ccccc12. The van der Waals surface area contributed by atoms with E-state index in [-0.39, 0.29) is 6.61 Å². The minimum Gasteiger partial charge on any atom is -0.489 e. The summed E-state index contributed by atoms with van der Waals surface area (Å²) in [5, 5.41) is 14.5. The normalized spacial score (nSPS) is 11.0. The summed E-state index contributed by atoms with van der Waals surface area (Å²) in [6.07, 6.45) is 0. The first-order valence-electron chi connectivity index (χ1n) is 8.95. The van der Waals surface area contributed by atoms with Crippen molar-refractivity contribution in [3.63, 3.8) is 0 Å². The van der Waals surface area contributed by atoms with Crippen LogP contribution in [0.15, 0.2) is 66.7 Å². The van der Waals surface area contributed by atoms with Gasteiger partial charge in [0.25, 0.3) is 0 Å². The Labute approximate surface area is 154 Å². The molecule has 4 heteroatoms. The molecule has 136 valence electrons. The Morgan fingerprint density at radius 1 is 0.846 bits per heavy atom. The molecule has 0 amide bonds. The minimum absolute atomic E-state index is 0.0563. The van der Waals surface area contributed by atoms with E-state index in [1.165, 1.54) is 10.8 Å². The lowest BCUT2D eigenvalue weighted by atomic mass is 10.0. The third-order valence-corrected chi connectivity index (χ3v) is 4.20. The molecule has 0 aliphatic heterocycles. The van der Waals surface area contributed by atoms with Crippen molar-refractivity contribution < 1.29 is 14.6 Å². The van der Waals surface area contributed by atoms with Crippen LogP contribution in [0, 0.1) is 0 Å². The van der Waals surface area contributed by atoms with Crippen molar-refractivity contribution in [3.05, 3.63) is 77.9 Å². The molecule has 26 heavy (non-hydrogen) atoms. The highest BCUT2D eigenvalue weighted by Gasteiger charge is 2.09. The molecule has 0 fully saturated rings. The molecule has 4 nitrogen and oxygen atoms in total. The Morgan fingerprint density at radius 2 is 1.65 bits per heavy atom. The van der Waals surface area contributed by atoms with Crippen LogP contribution >= 0.6 is 0 Å². The van der Waals surface area contributed by atoms with Gasteiger partial charge in [-0.1, -0.05) is 60.7 Å². The average molecular weight is 351 g/mol. The topological polar surface area (TPSA) is 50.7 Å². The van der Waals surface area contributed by atoms with Crippen LogP contribution in [0.5, 0.6) is 5.75 Å². The largest absolute Gasteiger partial charge is 0.489 e. The number of ether oxygens (including phenoxy) is 2. The summed E-state index contributed by atoms with van der Waals surface area (Å²) < 4.78 is 11.4. The second kappa shape index (κ2) is 9.92. The molecule has 0 atom stereocenters. The van der Waals surface area contributed by atoms with E-state index in [4.69, 9.17) is 14.6 Å². The fourth-order valence-corrected chi connectivity index (χ4v) is 2.89. The number of nitrogens with one attached hydrogen (secondary N) is 1. The van der Waals surface area contributed by atoms with Crippen molar-refractivity contribution in [1.82, 2.24) is 5.32 Å². The zero-order chi connectivity index (χ0) is 18.0. The van der Waals surface area contributed by atoms with E-state index in [1.54, 1.807) is 0 Å². The molecular formula is C22H25NO3. The summed E-state index contributed by atoms with van der Waals surface area (Å²) in [6.45, 7) is 2.98. The van der Waals surface area contributed by atoms with Crippen LogP contribution in [0.3, 0.4) is 0 Å². The van der Waals surface area contributed by atoms with Crippen molar-refractivity contribution >= 4 is 10.8 Å². The summed E-state index contributed by atoms with van der Waals surface area (Å²) >= 11 is 0. The summed E-state index contributed by atoms with van der Waals surface area (Å²) in [5.74, 6) is 0.899. The lowest BCUT2D eigenvalue weighted by Crippen LogP contribution is -2.20. The molecule has 3 aromatic rings. The summed E-state index contributed by atoms with van der Waals surface area (Å²) in [5.41, 5.74) is 2.30. The number of aliphatic hydroxyl groups is 1. The molecular weight excluding hydrogens is 326 g/mol. The molecule has 0 aliphatic rings. The Morgan fingerprint density at radius 3 is 2.50 bits per heavy atom. The van der Waals surface area contributed by atoms with Gasteiger partial charge in [-0.15, -0.1) is 0 Å². The number of hydrogen-bond donors (Lipinski definition) is 2. The smallest absolute Gasteiger partial charge is 0.124 e. The molecule has 0 unspecified atom stereocenters. The lowest BCUT2D eigenvalue weighted by Gasteiger charge is -2.15. The van der Waals surface area contributed by atoms with Gasteiger partial charge in [-0.2, -0.15) is 0 Å². The van der Waals surface area contributed by atoms with Gasteiger partial charge in [0.05, 0.1) is 19.8 Å². The first-order valence-corrected chi connectivity index (χ1v) is 8.95. The second-order valence-electron chi connectivity index (χ2n) is 6.05. The van der Waals surface area contributed by atoms with E-state index >= 15 is 0 Å². The molecule has 3 aromatic carbocycles. The summed E-state index contributed by atoms with van der Waals surface area (Å²) in [7, 11) is 0. The predicted molar refractivity (Wildman–Crippen MR) is 104 cm³/mol. The van der Waals surface area contributed by atoms with Gasteiger partial charge in [0.2, 0.25) is 0 Å². The molecule has 3 rings (SSSR count). The van der Waals surface area contributed by atoms with Gasteiger partial charge >= 0.3 is 0 Å². The predicted octanol–water partition coefficient (Wildman–Crippen LogP) is 3.52. The van der Waals surface area contributed by atoms with Gasteiger partial charge in [-0.3, -0.25) is 0 Å². The van der Waals surface area contributed by atoms with Crippen molar-refractivity contribution in [2.75, 3.05) is 26.4 Å². The average Bonchev–Trinajstić information content (AvgIpc) is 2.70. The molecule has 0 radical (unpaired) electrons. The molecule has 0 bridgehead atoms. The number of aliphatic hydroxyl groups excluding tert-OH is 1. The number of fused-ring (bicyclic) bond motifs is 1. The van der Waals surface area contributed by atoms with Gasteiger partial charge < -0.3 is 19.9 Å². The van der Waals surface area contributed by atoms with Crippen LogP contribution in [0.25, 0.3) is 10.8 Å². The highest BCUT2D eigenvalue weighted by Crippen LogP contribution is 2.28. The van der Waals surface area contributed by atoms with E-state index in [0.29, 0.717) is 26.4 Å². The first-order chi connectivity index (χ1) is 12.9. The first kappa shape index (κ1) is 18.4. The van der Waals surface area contributed by atoms with E-state index < -0.39 is 0 Å². The van der Waals surface area contributed by atoms with Crippen LogP contribution in [0.2, 0.25) is 0 Å². The maximum absolute atomic E-state index is 8.75. The highest BCUT2D eigenvalue weighted by atomic mass is 16.5. The van der Waals surface area contributed by atoms with Crippen LogP contribution in [0.4, 0.5) is 0 Å². The maximum atomic E-state index is 8.75. The van der Waals surface area contributed by atoms with Crippen molar-refractivity contribution in [1.29, 1.82) is 0 Å². The fraction of sp³-hybridized carbons (Fsp3) is 0.273. The Bertz CT molecular complexity index is 805. The molecule has 0 saturated heterocycles. The molecule has 0 saturated carbocycles. The number of benzene rings is 3. The number of hydrogen-bond acceptors (Lipinski definition) is 4. The monoisotopic (exact) mass is 351 g/mol. The van der Waals surface area contributed by atoms with E-state index in [2.05, 4.69) is 41.7 Å². The standard InChI is InChI=1S/C22H25NO3/c24-13-15-25-14-12-23-16-21-20-9-5-4-8-19(20)10-11-22(21)26-17-18-6-2-1-3-7-18/h1-11,23-24H,12-17H2. The van der Waals surface area contributed by atoms with Gasteiger partial charge in [0.1, 0.15) is 12.4 Å². The van der Waals surface area contributed by atoms with Gasteiger partial charge in [0.15, 0.2) is 0 Å². The van der Waals surface area contributed by atoms with Crippen molar-refractivity contribution in [2.24, 2.45) is 0 Å². The molecule has 0 aliphatic carbocycles. The molecule has 0 aromatic heterocycles. The van der Waals surface area contributed by atoms with Crippen LogP contribution in [-0.4, -0.2) is 31.5 Å². The second-order valence-corrected chi connectivity index (χ2v) is 6.05. The van der Waals surface area contributed by atoms with Gasteiger partial charge in [0, 0.05) is 18.7 Å². The van der Waals surface area contributed by atoms with E-state index in [0.717, 1.165) is 23.4 Å². The summed E-state index contributed by atoms with van der Waals surface area (Å²) in [4.78, 5) is 0. The Balaban J connectivity index is 1.71. The van der Waals surface area contributed by atoms with Crippen LogP contribution in [0.1, 0.15) is 11.1 Å². The lowest BCUT2D eigenvalue weighted by molar-refractivity contribution is 0.0938. The van der Waals surface area contributed by atoms with Crippen molar-refractivity contribution in [3.8, 4) is 5.75 Å². The van der Waals surface area contributed by atoms with Gasteiger partial charge in [-0.25, -0.2) is 0 Å². The summed E-state index contributed by atoms with van der Waals surface area (Å²) in [6, 6.07) is 22.7. The number of rotatable bonds is 10. The zero-order valence-corrected chi connectivity index (χ0v) is 14.9. The van der Waals surface area contributed by atoms with E-state index in [1.807, 2.05) is 30.3 Å². The third kappa shape index (κ3) is 5.05. The van der Waals surface area contributed by atoms with Crippen LogP contribution < -0.4 is 10.1 Å². The molecule has 0 heterocycles. The minimum atomic E-state index is 0.0563.